The molecule has 4 rings (SSSR count). The van der Waals surface area contributed by atoms with Gasteiger partial charge in [0, 0.05) is 12.0 Å². The van der Waals surface area contributed by atoms with Crippen molar-refractivity contribution < 1.29 is 17.9 Å². The van der Waals surface area contributed by atoms with Crippen LogP contribution in [0.3, 0.4) is 0 Å². The van der Waals surface area contributed by atoms with E-state index in [1.165, 1.54) is 12.1 Å². The molecule has 1 aliphatic heterocycles. The van der Waals surface area contributed by atoms with Crippen LogP contribution in [0.5, 0.6) is 0 Å². The molecule has 126 valence electrons. The molecule has 0 spiro atoms. The van der Waals surface area contributed by atoms with Gasteiger partial charge in [0.2, 0.25) is 5.28 Å². The maximum absolute atomic E-state index is 12.8. The second kappa shape index (κ2) is 5.08. The topological polar surface area (TPSA) is 86.8 Å². The van der Waals surface area contributed by atoms with Gasteiger partial charge in [-0.25, -0.2) is 15.0 Å². The van der Waals surface area contributed by atoms with Gasteiger partial charge in [0.05, 0.1) is 18.6 Å². The molecular weight excluding hydrogens is 347 g/mol. The zero-order valence-electron chi connectivity index (χ0n) is 12.1. The van der Waals surface area contributed by atoms with Crippen LogP contribution in [0, 0.1) is 5.92 Å². The fraction of sp³-hybridized carbons (Fsp3) is 0.429. The van der Waals surface area contributed by atoms with Gasteiger partial charge in [-0.2, -0.15) is 18.2 Å². The highest BCUT2D eigenvalue weighted by molar-refractivity contribution is 6.28. The third kappa shape index (κ3) is 2.27. The van der Waals surface area contributed by atoms with E-state index in [-0.39, 0.29) is 28.8 Å². The average Bonchev–Trinajstić information content (AvgIpc) is 2.92. The largest absolute Gasteiger partial charge is 0.433 e. The van der Waals surface area contributed by atoms with Gasteiger partial charge >= 0.3 is 6.18 Å². The standard InChI is InChI=1S/C14H11ClF3N5O/c15-12-22-10(7-2-1-3-8(20-7)14(16,17)18)21-11(23-12)13-5-24-4-6(13)9(13)19/h1-3,6,9H,4-5,19H2. The first-order chi connectivity index (χ1) is 11.3. The van der Waals surface area contributed by atoms with E-state index in [9.17, 15) is 13.2 Å². The summed E-state index contributed by atoms with van der Waals surface area (Å²) in [5.74, 6) is 0.403. The molecule has 3 heterocycles. The smallest absolute Gasteiger partial charge is 0.380 e. The molecule has 0 radical (unpaired) electrons. The van der Waals surface area contributed by atoms with E-state index in [0.717, 1.165) is 6.07 Å². The highest BCUT2D eigenvalue weighted by Crippen LogP contribution is 2.56. The van der Waals surface area contributed by atoms with Crippen molar-refractivity contribution in [1.29, 1.82) is 0 Å². The zero-order chi connectivity index (χ0) is 17.1. The number of pyridine rings is 1. The van der Waals surface area contributed by atoms with E-state index in [1.54, 1.807) is 0 Å². The second-order valence-corrected chi connectivity index (χ2v) is 6.18. The van der Waals surface area contributed by atoms with Gasteiger partial charge in [-0.15, -0.1) is 0 Å². The van der Waals surface area contributed by atoms with E-state index < -0.39 is 17.3 Å². The van der Waals surface area contributed by atoms with E-state index >= 15 is 0 Å². The van der Waals surface area contributed by atoms with Gasteiger partial charge < -0.3 is 10.5 Å². The van der Waals surface area contributed by atoms with Crippen LogP contribution in [0.2, 0.25) is 5.28 Å². The van der Waals surface area contributed by atoms with Gasteiger partial charge in [-0.1, -0.05) is 6.07 Å². The van der Waals surface area contributed by atoms with Crippen molar-refractivity contribution in [3.63, 3.8) is 0 Å². The zero-order valence-corrected chi connectivity index (χ0v) is 12.8. The van der Waals surface area contributed by atoms with Gasteiger partial charge in [0.15, 0.2) is 5.82 Å². The van der Waals surface area contributed by atoms with E-state index in [1.807, 2.05) is 0 Å². The molecule has 1 aliphatic carbocycles. The lowest BCUT2D eigenvalue weighted by atomic mass is 10.1. The number of aromatic nitrogens is 4. The van der Waals surface area contributed by atoms with Crippen LogP contribution in [0.4, 0.5) is 13.2 Å². The molecule has 1 saturated heterocycles. The Labute approximate surface area is 139 Å². The minimum absolute atomic E-state index is 0.0183. The van der Waals surface area contributed by atoms with Gasteiger partial charge in [0.25, 0.3) is 0 Å². The summed E-state index contributed by atoms with van der Waals surface area (Å²) in [7, 11) is 0. The van der Waals surface area contributed by atoms with E-state index in [0.29, 0.717) is 19.0 Å². The van der Waals surface area contributed by atoms with Crippen molar-refractivity contribution in [3.05, 3.63) is 35.0 Å². The summed E-state index contributed by atoms with van der Waals surface area (Å²) < 4.78 is 43.9. The van der Waals surface area contributed by atoms with Crippen LogP contribution >= 0.6 is 11.6 Å². The van der Waals surface area contributed by atoms with Crippen molar-refractivity contribution in [3.8, 4) is 11.5 Å². The number of hydrogen-bond donors (Lipinski definition) is 1. The fourth-order valence-corrected chi connectivity index (χ4v) is 3.29. The summed E-state index contributed by atoms with van der Waals surface area (Å²) in [6.07, 6.45) is -4.56. The molecule has 1 saturated carbocycles. The second-order valence-electron chi connectivity index (χ2n) is 5.85. The number of ether oxygens (including phenoxy) is 1. The molecule has 3 unspecified atom stereocenters. The van der Waals surface area contributed by atoms with Crippen LogP contribution in [0.1, 0.15) is 11.5 Å². The monoisotopic (exact) mass is 357 g/mol. The average molecular weight is 358 g/mol. The summed E-state index contributed by atoms with van der Waals surface area (Å²) in [4.78, 5) is 15.9. The predicted octanol–water partition coefficient (Wildman–Crippen LogP) is 1.83. The molecule has 2 aromatic rings. The molecule has 3 atom stereocenters. The molecule has 6 nitrogen and oxygen atoms in total. The minimum Gasteiger partial charge on any atom is -0.380 e. The SMILES string of the molecule is NC1C2COCC12c1nc(Cl)nc(-c2cccc(C(F)(F)F)n2)n1. The lowest BCUT2D eigenvalue weighted by Crippen LogP contribution is -2.26. The van der Waals surface area contributed by atoms with Gasteiger partial charge in [-0.3, -0.25) is 0 Å². The number of rotatable bonds is 2. The number of hydrogen-bond acceptors (Lipinski definition) is 6. The highest BCUT2D eigenvalue weighted by atomic mass is 35.5. The summed E-state index contributed by atoms with van der Waals surface area (Å²) >= 11 is 5.94. The molecule has 0 amide bonds. The fourth-order valence-electron chi connectivity index (χ4n) is 3.13. The normalized spacial score (nSPS) is 28.7. The number of nitrogens with two attached hydrogens (primary N) is 1. The first kappa shape index (κ1) is 15.7. The molecule has 10 heteroatoms. The molecule has 2 N–H and O–H groups in total. The maximum atomic E-state index is 12.8. The Hall–Kier alpha value is -1.84. The van der Waals surface area contributed by atoms with Gasteiger partial charge in [-0.05, 0) is 23.7 Å². The Morgan fingerprint density at radius 1 is 1.21 bits per heavy atom. The molecular formula is C14H11ClF3N5O. The summed E-state index contributed by atoms with van der Waals surface area (Å²) in [5, 5.41) is -0.117. The van der Waals surface area contributed by atoms with E-state index in [2.05, 4.69) is 19.9 Å². The summed E-state index contributed by atoms with van der Waals surface area (Å²) in [6, 6.07) is 3.35. The van der Waals surface area contributed by atoms with Crippen molar-refractivity contribution in [1.82, 2.24) is 19.9 Å². The third-order valence-electron chi connectivity index (χ3n) is 4.51. The first-order valence-electron chi connectivity index (χ1n) is 7.12. The Morgan fingerprint density at radius 3 is 2.67 bits per heavy atom. The van der Waals surface area contributed by atoms with Crippen LogP contribution < -0.4 is 5.73 Å². The Bertz CT molecular complexity index is 817. The number of fused-ring (bicyclic) bond motifs is 1. The van der Waals surface area contributed by atoms with Crippen molar-refractivity contribution in [2.75, 3.05) is 13.2 Å². The number of halogens is 4. The summed E-state index contributed by atoms with van der Waals surface area (Å²) in [5.41, 5.74) is 4.47. The maximum Gasteiger partial charge on any atom is 0.433 e. The van der Waals surface area contributed by atoms with E-state index in [4.69, 9.17) is 22.1 Å². The Balaban J connectivity index is 1.78. The number of nitrogens with zero attached hydrogens (tertiary/aromatic N) is 4. The highest BCUT2D eigenvalue weighted by Gasteiger charge is 2.69. The van der Waals surface area contributed by atoms with Crippen LogP contribution in [0.15, 0.2) is 18.2 Å². The molecule has 0 bridgehead atoms. The predicted molar refractivity (Wildman–Crippen MR) is 77.0 cm³/mol. The quantitative estimate of drug-likeness (QED) is 0.882. The molecule has 2 aliphatic rings. The molecule has 2 aromatic heterocycles. The lowest BCUT2D eigenvalue weighted by molar-refractivity contribution is -0.141. The van der Waals surface area contributed by atoms with Gasteiger partial charge in [0.1, 0.15) is 17.2 Å². The van der Waals surface area contributed by atoms with Crippen molar-refractivity contribution >= 4 is 11.6 Å². The molecule has 0 aromatic carbocycles. The molecule has 24 heavy (non-hydrogen) atoms. The van der Waals surface area contributed by atoms with Crippen molar-refractivity contribution in [2.45, 2.75) is 17.6 Å². The van der Waals surface area contributed by atoms with Crippen LogP contribution in [0.25, 0.3) is 11.5 Å². The van der Waals surface area contributed by atoms with Crippen molar-refractivity contribution in [2.24, 2.45) is 11.7 Å². The Morgan fingerprint density at radius 2 is 2.00 bits per heavy atom. The number of alkyl halides is 3. The van der Waals surface area contributed by atoms with Crippen LogP contribution in [-0.2, 0) is 16.3 Å². The Kier molecular flexibility index (Phi) is 3.32. The lowest BCUT2D eigenvalue weighted by Gasteiger charge is -2.13. The molecule has 2 fully saturated rings. The third-order valence-corrected chi connectivity index (χ3v) is 4.68. The first-order valence-corrected chi connectivity index (χ1v) is 7.50. The summed E-state index contributed by atoms with van der Waals surface area (Å²) in [6.45, 7) is 0.857. The minimum atomic E-state index is -4.56. The van der Waals surface area contributed by atoms with Crippen LogP contribution in [-0.4, -0.2) is 39.2 Å².